The molecule has 0 bridgehead atoms. The molecule has 0 aliphatic rings. The van der Waals surface area contributed by atoms with E-state index in [4.69, 9.17) is 11.6 Å². The minimum absolute atomic E-state index is 0.0874. The van der Waals surface area contributed by atoms with Crippen molar-refractivity contribution >= 4 is 23.2 Å². The van der Waals surface area contributed by atoms with E-state index in [1.54, 1.807) is 13.8 Å². The first kappa shape index (κ1) is 12.6. The van der Waals surface area contributed by atoms with Crippen LogP contribution in [0.4, 0.5) is 10.1 Å². The van der Waals surface area contributed by atoms with E-state index in [1.807, 2.05) is 0 Å². The van der Waals surface area contributed by atoms with Crippen molar-refractivity contribution in [3.8, 4) is 0 Å². The van der Waals surface area contributed by atoms with Crippen LogP contribution >= 0.6 is 11.6 Å². The lowest BCUT2D eigenvalue weighted by Crippen LogP contribution is -2.14. The largest absolute Gasteiger partial charge is 0.319 e. The molecule has 1 aromatic carbocycles. The van der Waals surface area contributed by atoms with Crippen LogP contribution in [0.15, 0.2) is 18.2 Å². The lowest BCUT2D eigenvalue weighted by molar-refractivity contribution is 0.102. The molecule has 0 fully saturated rings. The molecule has 0 radical (unpaired) electrons. The van der Waals surface area contributed by atoms with Gasteiger partial charge in [-0.2, -0.15) is 5.10 Å². The molecule has 0 saturated carbocycles. The molecular formula is C12H11ClFN3O. The normalized spacial score (nSPS) is 10.4. The average molecular weight is 268 g/mol. The highest BCUT2D eigenvalue weighted by atomic mass is 35.5. The van der Waals surface area contributed by atoms with Gasteiger partial charge in [0.05, 0.1) is 16.9 Å². The fraction of sp³-hybridized carbons (Fsp3) is 0.167. The van der Waals surface area contributed by atoms with Gasteiger partial charge >= 0.3 is 0 Å². The number of anilines is 1. The molecule has 94 valence electrons. The zero-order chi connectivity index (χ0) is 13.3. The van der Waals surface area contributed by atoms with Crippen molar-refractivity contribution in [3.05, 3.63) is 46.0 Å². The molecular weight excluding hydrogens is 257 g/mol. The molecule has 4 nitrogen and oxygen atoms in total. The lowest BCUT2D eigenvalue weighted by atomic mass is 10.2. The SMILES string of the molecule is Cc1n[nH]c(C)c1C(=O)Nc1ccc(Cl)cc1F. The average Bonchev–Trinajstić information content (AvgIpc) is 2.62. The molecule has 0 aliphatic carbocycles. The second-order valence-electron chi connectivity index (χ2n) is 3.89. The number of nitrogens with one attached hydrogen (secondary N) is 2. The molecule has 1 heterocycles. The van der Waals surface area contributed by atoms with Crippen molar-refractivity contribution in [2.24, 2.45) is 0 Å². The number of aromatic amines is 1. The highest BCUT2D eigenvalue weighted by molar-refractivity contribution is 6.30. The first-order valence-electron chi connectivity index (χ1n) is 5.27. The summed E-state index contributed by atoms with van der Waals surface area (Å²) >= 11 is 5.64. The summed E-state index contributed by atoms with van der Waals surface area (Å²) in [5.41, 5.74) is 1.72. The van der Waals surface area contributed by atoms with Crippen LogP contribution < -0.4 is 5.32 Å². The molecule has 2 N–H and O–H groups in total. The van der Waals surface area contributed by atoms with Crippen molar-refractivity contribution in [1.82, 2.24) is 10.2 Å². The van der Waals surface area contributed by atoms with Gasteiger partial charge in [-0.25, -0.2) is 4.39 Å². The third-order valence-corrected chi connectivity index (χ3v) is 2.77. The topological polar surface area (TPSA) is 57.8 Å². The van der Waals surface area contributed by atoms with E-state index in [0.717, 1.165) is 6.07 Å². The van der Waals surface area contributed by atoms with Crippen LogP contribution in [0.1, 0.15) is 21.7 Å². The molecule has 0 aliphatic heterocycles. The van der Waals surface area contributed by atoms with Crippen LogP contribution in [0.2, 0.25) is 5.02 Å². The molecule has 2 rings (SSSR count). The number of benzene rings is 1. The maximum absolute atomic E-state index is 13.5. The zero-order valence-corrected chi connectivity index (χ0v) is 10.6. The molecule has 2 aromatic rings. The number of hydrogen-bond donors (Lipinski definition) is 2. The number of H-pyrrole nitrogens is 1. The van der Waals surface area contributed by atoms with Crippen LogP contribution in [0.3, 0.4) is 0 Å². The zero-order valence-electron chi connectivity index (χ0n) is 9.84. The van der Waals surface area contributed by atoms with E-state index in [1.165, 1.54) is 12.1 Å². The van der Waals surface area contributed by atoms with Gasteiger partial charge < -0.3 is 5.32 Å². The molecule has 0 saturated heterocycles. The Kier molecular flexibility index (Phi) is 3.34. The van der Waals surface area contributed by atoms with Crippen molar-refractivity contribution in [1.29, 1.82) is 0 Å². The van der Waals surface area contributed by atoms with Gasteiger partial charge in [0.2, 0.25) is 0 Å². The Labute approximate surface area is 108 Å². The van der Waals surface area contributed by atoms with Gasteiger partial charge in [0.25, 0.3) is 5.91 Å². The fourth-order valence-corrected chi connectivity index (χ4v) is 1.82. The first-order chi connectivity index (χ1) is 8.49. The summed E-state index contributed by atoms with van der Waals surface area (Å²) in [6.45, 7) is 3.43. The number of halogens is 2. The number of hydrogen-bond acceptors (Lipinski definition) is 2. The minimum atomic E-state index is -0.574. The molecule has 0 spiro atoms. The second-order valence-corrected chi connectivity index (χ2v) is 4.32. The Morgan fingerprint density at radius 1 is 1.44 bits per heavy atom. The first-order valence-corrected chi connectivity index (χ1v) is 5.65. The van der Waals surface area contributed by atoms with Gasteiger partial charge in [-0.3, -0.25) is 9.89 Å². The maximum atomic E-state index is 13.5. The van der Waals surface area contributed by atoms with E-state index in [2.05, 4.69) is 15.5 Å². The van der Waals surface area contributed by atoms with Gasteiger partial charge in [0.15, 0.2) is 0 Å². The lowest BCUT2D eigenvalue weighted by Gasteiger charge is -2.06. The predicted octanol–water partition coefficient (Wildman–Crippen LogP) is 3.07. The van der Waals surface area contributed by atoms with Gasteiger partial charge in [-0.1, -0.05) is 11.6 Å². The van der Waals surface area contributed by atoms with Crippen LogP contribution in [-0.2, 0) is 0 Å². The summed E-state index contributed by atoms with van der Waals surface area (Å²) in [5.74, 6) is -0.977. The van der Waals surface area contributed by atoms with Crippen LogP contribution in [0.5, 0.6) is 0 Å². The van der Waals surface area contributed by atoms with Gasteiger partial charge in [-0.05, 0) is 32.0 Å². The molecule has 0 atom stereocenters. The number of carbonyl (C=O) groups is 1. The summed E-state index contributed by atoms with van der Waals surface area (Å²) in [6, 6.07) is 4.07. The summed E-state index contributed by atoms with van der Waals surface area (Å²) in [6.07, 6.45) is 0. The number of aryl methyl sites for hydroxylation is 2. The van der Waals surface area contributed by atoms with E-state index in [0.29, 0.717) is 17.0 Å². The minimum Gasteiger partial charge on any atom is -0.319 e. The van der Waals surface area contributed by atoms with Gasteiger partial charge in [0.1, 0.15) is 5.82 Å². The van der Waals surface area contributed by atoms with Crippen molar-refractivity contribution in [2.75, 3.05) is 5.32 Å². The third-order valence-electron chi connectivity index (χ3n) is 2.53. The second kappa shape index (κ2) is 4.78. The summed E-state index contributed by atoms with van der Waals surface area (Å²) in [7, 11) is 0. The van der Waals surface area contributed by atoms with Gasteiger partial charge in [0, 0.05) is 10.7 Å². The predicted molar refractivity (Wildman–Crippen MR) is 67.4 cm³/mol. The molecule has 0 unspecified atom stereocenters. The Balaban J connectivity index is 2.27. The summed E-state index contributed by atoms with van der Waals surface area (Å²) in [5, 5.41) is 9.38. The number of amides is 1. The number of carbonyl (C=O) groups excluding carboxylic acids is 1. The van der Waals surface area contributed by atoms with Crippen molar-refractivity contribution in [3.63, 3.8) is 0 Å². The van der Waals surface area contributed by atoms with E-state index in [9.17, 15) is 9.18 Å². The van der Waals surface area contributed by atoms with Crippen molar-refractivity contribution < 1.29 is 9.18 Å². The Morgan fingerprint density at radius 2 is 2.17 bits per heavy atom. The molecule has 18 heavy (non-hydrogen) atoms. The quantitative estimate of drug-likeness (QED) is 0.878. The number of aromatic nitrogens is 2. The molecule has 1 aromatic heterocycles. The summed E-state index contributed by atoms with van der Waals surface area (Å²) in [4.78, 5) is 12.0. The van der Waals surface area contributed by atoms with Crippen LogP contribution in [-0.4, -0.2) is 16.1 Å². The number of nitrogens with zero attached hydrogens (tertiary/aromatic N) is 1. The Bertz CT molecular complexity index is 590. The van der Waals surface area contributed by atoms with E-state index in [-0.39, 0.29) is 10.7 Å². The summed E-state index contributed by atoms with van der Waals surface area (Å²) < 4.78 is 13.5. The standard InChI is InChI=1S/C12H11ClFN3O/c1-6-11(7(2)17-16-6)12(18)15-10-4-3-8(13)5-9(10)14/h3-5H,1-2H3,(H,15,18)(H,16,17). The monoisotopic (exact) mass is 267 g/mol. The fourth-order valence-electron chi connectivity index (χ4n) is 1.66. The Morgan fingerprint density at radius 3 is 2.72 bits per heavy atom. The Hall–Kier alpha value is -1.88. The van der Waals surface area contributed by atoms with E-state index >= 15 is 0 Å². The number of rotatable bonds is 2. The highest BCUT2D eigenvalue weighted by Gasteiger charge is 2.16. The molecule has 6 heteroatoms. The third kappa shape index (κ3) is 2.36. The van der Waals surface area contributed by atoms with Crippen LogP contribution in [0.25, 0.3) is 0 Å². The van der Waals surface area contributed by atoms with Crippen LogP contribution in [0, 0.1) is 19.7 Å². The maximum Gasteiger partial charge on any atom is 0.259 e. The molecule has 1 amide bonds. The van der Waals surface area contributed by atoms with E-state index < -0.39 is 11.7 Å². The highest BCUT2D eigenvalue weighted by Crippen LogP contribution is 2.20. The van der Waals surface area contributed by atoms with Crippen molar-refractivity contribution in [2.45, 2.75) is 13.8 Å². The smallest absolute Gasteiger partial charge is 0.259 e. The van der Waals surface area contributed by atoms with Gasteiger partial charge in [-0.15, -0.1) is 0 Å².